The summed E-state index contributed by atoms with van der Waals surface area (Å²) in [5.41, 5.74) is 7.75. The first-order valence-corrected chi connectivity index (χ1v) is 5.80. The molecule has 1 aromatic carbocycles. The van der Waals surface area contributed by atoms with Crippen molar-refractivity contribution in [2.75, 3.05) is 12.3 Å². The smallest absolute Gasteiger partial charge is 0.145 e. The van der Waals surface area contributed by atoms with Crippen molar-refractivity contribution < 1.29 is 4.74 Å². The lowest BCUT2D eigenvalue weighted by molar-refractivity contribution is 0.317. The molecular weight excluding hydrogens is 214 g/mol. The molecule has 4 nitrogen and oxygen atoms in total. The normalized spacial score (nSPS) is 10.4. The minimum absolute atomic E-state index is 0.522. The number of nitrogens with one attached hydrogen (secondary N) is 1. The molecule has 90 valence electrons. The van der Waals surface area contributed by atoms with E-state index in [4.69, 9.17) is 10.5 Å². The molecule has 0 saturated carbocycles. The molecule has 0 unspecified atom stereocenters. The Morgan fingerprint density at radius 3 is 2.88 bits per heavy atom. The first-order chi connectivity index (χ1) is 8.29. The Morgan fingerprint density at radius 1 is 1.35 bits per heavy atom. The number of nitrogen functional groups attached to an aromatic ring is 1. The summed E-state index contributed by atoms with van der Waals surface area (Å²) in [6, 6.07) is 9.93. The zero-order valence-corrected chi connectivity index (χ0v) is 9.94. The fraction of sp³-hybridized carbons (Fsp3) is 0.308. The van der Waals surface area contributed by atoms with Gasteiger partial charge in [-0.05, 0) is 18.1 Å². The maximum atomic E-state index is 5.75. The minimum Gasteiger partial charge on any atom is -0.493 e. The lowest BCUT2D eigenvalue weighted by Crippen LogP contribution is -2.03. The third-order valence-electron chi connectivity index (χ3n) is 2.63. The van der Waals surface area contributed by atoms with Crippen LogP contribution in [0, 0.1) is 0 Å². The van der Waals surface area contributed by atoms with E-state index in [-0.39, 0.29) is 0 Å². The van der Waals surface area contributed by atoms with Crippen LogP contribution in [0.15, 0.2) is 30.3 Å². The second-order valence-corrected chi connectivity index (χ2v) is 3.88. The summed E-state index contributed by atoms with van der Waals surface area (Å²) in [5.74, 6) is 1.48. The molecule has 17 heavy (non-hydrogen) atoms. The number of hydrogen-bond acceptors (Lipinski definition) is 3. The molecule has 0 aliphatic rings. The van der Waals surface area contributed by atoms with Crippen LogP contribution in [0.2, 0.25) is 0 Å². The van der Waals surface area contributed by atoms with Gasteiger partial charge in [-0.15, -0.1) is 0 Å². The number of nitrogens with zero attached hydrogens (tertiary/aromatic N) is 1. The highest BCUT2D eigenvalue weighted by Crippen LogP contribution is 2.18. The largest absolute Gasteiger partial charge is 0.493 e. The van der Waals surface area contributed by atoms with Gasteiger partial charge in [-0.1, -0.05) is 25.1 Å². The van der Waals surface area contributed by atoms with E-state index in [2.05, 4.69) is 23.2 Å². The summed E-state index contributed by atoms with van der Waals surface area (Å²) in [4.78, 5) is 0. The summed E-state index contributed by atoms with van der Waals surface area (Å²) in [6.45, 7) is 2.75. The van der Waals surface area contributed by atoms with Crippen molar-refractivity contribution in [3.05, 3.63) is 41.6 Å². The van der Waals surface area contributed by atoms with Crippen molar-refractivity contribution in [3.63, 3.8) is 0 Å². The maximum absolute atomic E-state index is 5.75. The van der Waals surface area contributed by atoms with Gasteiger partial charge in [0.2, 0.25) is 0 Å². The lowest BCUT2D eigenvalue weighted by atomic mass is 10.1. The molecule has 0 aliphatic carbocycles. The molecule has 0 aliphatic heterocycles. The van der Waals surface area contributed by atoms with Gasteiger partial charge in [0.25, 0.3) is 0 Å². The number of aromatic nitrogens is 2. The second-order valence-electron chi connectivity index (χ2n) is 3.88. The van der Waals surface area contributed by atoms with Crippen molar-refractivity contribution in [1.82, 2.24) is 10.2 Å². The predicted molar refractivity (Wildman–Crippen MR) is 68.0 cm³/mol. The topological polar surface area (TPSA) is 63.9 Å². The highest BCUT2D eigenvalue weighted by molar-refractivity contribution is 5.33. The molecule has 0 spiro atoms. The molecule has 1 heterocycles. The predicted octanol–water partition coefficient (Wildman–Crippen LogP) is 2.18. The van der Waals surface area contributed by atoms with E-state index in [1.807, 2.05) is 24.3 Å². The van der Waals surface area contributed by atoms with Crippen LogP contribution in [0.3, 0.4) is 0 Å². The van der Waals surface area contributed by atoms with Crippen molar-refractivity contribution >= 4 is 5.82 Å². The summed E-state index contributed by atoms with van der Waals surface area (Å²) >= 11 is 0. The highest BCUT2D eigenvalue weighted by atomic mass is 16.5. The van der Waals surface area contributed by atoms with Gasteiger partial charge in [-0.3, -0.25) is 5.10 Å². The number of aromatic amines is 1. The van der Waals surface area contributed by atoms with Crippen molar-refractivity contribution in [3.8, 4) is 5.75 Å². The molecule has 4 heteroatoms. The van der Waals surface area contributed by atoms with Crippen LogP contribution in [0.25, 0.3) is 0 Å². The monoisotopic (exact) mass is 231 g/mol. The zero-order chi connectivity index (χ0) is 12.1. The summed E-state index contributed by atoms with van der Waals surface area (Å²) in [6.07, 6.45) is 1.76. The van der Waals surface area contributed by atoms with E-state index in [1.54, 1.807) is 0 Å². The van der Waals surface area contributed by atoms with E-state index < -0.39 is 0 Å². The summed E-state index contributed by atoms with van der Waals surface area (Å²) < 4.78 is 5.75. The molecule has 2 aromatic rings. The summed E-state index contributed by atoms with van der Waals surface area (Å²) in [5, 5.41) is 6.74. The number of nitrogens with two attached hydrogens (primary N) is 1. The average Bonchev–Trinajstić information content (AvgIpc) is 2.76. The molecular formula is C13H17N3O. The number of anilines is 1. The Bertz CT molecular complexity index is 479. The number of benzene rings is 1. The first-order valence-electron chi connectivity index (χ1n) is 5.80. The molecule has 0 atom stereocenters. The van der Waals surface area contributed by atoms with E-state index in [0.29, 0.717) is 12.4 Å². The molecule has 1 aromatic heterocycles. The standard InChI is InChI=1S/C13H17N3O/c1-2-10-5-3-4-6-12(10)17-8-7-11-9-13(14)16-15-11/h3-6,9H,2,7-8H2,1H3,(H3,14,15,16). The first kappa shape index (κ1) is 11.5. The van der Waals surface area contributed by atoms with Crippen molar-refractivity contribution in [2.24, 2.45) is 0 Å². The number of ether oxygens (including phenoxy) is 1. The van der Waals surface area contributed by atoms with Crippen LogP contribution in [-0.2, 0) is 12.8 Å². The molecule has 2 rings (SSSR count). The number of para-hydroxylation sites is 1. The van der Waals surface area contributed by atoms with E-state index in [0.717, 1.165) is 24.3 Å². The third kappa shape index (κ3) is 3.00. The van der Waals surface area contributed by atoms with Gasteiger partial charge in [-0.2, -0.15) is 5.10 Å². The number of H-pyrrole nitrogens is 1. The van der Waals surface area contributed by atoms with Crippen LogP contribution in [-0.4, -0.2) is 16.8 Å². The Kier molecular flexibility index (Phi) is 3.65. The molecule has 0 fully saturated rings. The van der Waals surface area contributed by atoms with Gasteiger partial charge in [0.15, 0.2) is 0 Å². The maximum Gasteiger partial charge on any atom is 0.145 e. The minimum atomic E-state index is 0.522. The molecule has 0 saturated heterocycles. The number of aryl methyl sites for hydroxylation is 1. The SMILES string of the molecule is CCc1ccccc1OCCc1cc(N)n[nH]1. The quantitative estimate of drug-likeness (QED) is 0.829. The lowest BCUT2D eigenvalue weighted by Gasteiger charge is -2.09. The zero-order valence-electron chi connectivity index (χ0n) is 9.94. The van der Waals surface area contributed by atoms with E-state index in [1.165, 1.54) is 5.56 Å². The fourth-order valence-corrected chi connectivity index (χ4v) is 1.72. The average molecular weight is 231 g/mol. The van der Waals surface area contributed by atoms with Gasteiger partial charge < -0.3 is 10.5 Å². The van der Waals surface area contributed by atoms with Crippen molar-refractivity contribution in [1.29, 1.82) is 0 Å². The van der Waals surface area contributed by atoms with Crippen LogP contribution >= 0.6 is 0 Å². The van der Waals surface area contributed by atoms with Crippen molar-refractivity contribution in [2.45, 2.75) is 19.8 Å². The Balaban J connectivity index is 1.89. The molecule has 0 radical (unpaired) electrons. The Hall–Kier alpha value is -1.97. The van der Waals surface area contributed by atoms with Gasteiger partial charge in [0.1, 0.15) is 11.6 Å². The summed E-state index contributed by atoms with van der Waals surface area (Å²) in [7, 11) is 0. The van der Waals surface area contributed by atoms with Crippen LogP contribution < -0.4 is 10.5 Å². The molecule has 3 N–H and O–H groups in total. The van der Waals surface area contributed by atoms with Gasteiger partial charge in [0.05, 0.1) is 6.61 Å². The molecule has 0 amide bonds. The molecule has 0 bridgehead atoms. The number of hydrogen-bond donors (Lipinski definition) is 2. The second kappa shape index (κ2) is 5.39. The van der Waals surface area contributed by atoms with Gasteiger partial charge in [0, 0.05) is 18.2 Å². The van der Waals surface area contributed by atoms with Crippen LogP contribution in [0.1, 0.15) is 18.2 Å². The van der Waals surface area contributed by atoms with E-state index in [9.17, 15) is 0 Å². The van der Waals surface area contributed by atoms with Crippen LogP contribution in [0.5, 0.6) is 5.75 Å². The Morgan fingerprint density at radius 2 is 2.18 bits per heavy atom. The Labute approximate surface area is 101 Å². The third-order valence-corrected chi connectivity index (χ3v) is 2.63. The van der Waals surface area contributed by atoms with E-state index >= 15 is 0 Å². The van der Waals surface area contributed by atoms with Gasteiger partial charge >= 0.3 is 0 Å². The van der Waals surface area contributed by atoms with Gasteiger partial charge in [-0.25, -0.2) is 0 Å². The fourth-order valence-electron chi connectivity index (χ4n) is 1.72. The van der Waals surface area contributed by atoms with Crippen LogP contribution in [0.4, 0.5) is 5.82 Å². The number of rotatable bonds is 5. The highest BCUT2D eigenvalue weighted by Gasteiger charge is 2.02.